The van der Waals surface area contributed by atoms with Gasteiger partial charge < -0.3 is 16.6 Å². The Morgan fingerprint density at radius 2 is 1.00 bits per heavy atom. The van der Waals surface area contributed by atoms with Crippen LogP contribution in [0.1, 0.15) is 103 Å². The molecule has 0 aromatic carbocycles. The second-order valence-corrected chi connectivity index (χ2v) is 6.32. The largest absolute Gasteiger partial charge is 0.481 e. The van der Waals surface area contributed by atoms with Gasteiger partial charge in [0.05, 0.1) is 0 Å². The molecule has 0 saturated carbocycles. The number of carboxylic acids is 1. The summed E-state index contributed by atoms with van der Waals surface area (Å²) in [6.45, 7) is 3.86. The maximum absolute atomic E-state index is 10.3. The van der Waals surface area contributed by atoms with E-state index in [1.165, 1.54) is 64.2 Å². The van der Waals surface area contributed by atoms with Gasteiger partial charge >= 0.3 is 5.97 Å². The molecule has 0 atom stereocenters. The summed E-state index contributed by atoms with van der Waals surface area (Å²) < 4.78 is 0. The highest BCUT2D eigenvalue weighted by atomic mass is 16.4. The van der Waals surface area contributed by atoms with Crippen molar-refractivity contribution in [2.45, 2.75) is 103 Å². The third-order valence-corrected chi connectivity index (χ3v) is 3.90. The molecule has 0 unspecified atom stereocenters. The molecule has 0 bridgehead atoms. The Bertz CT molecular complexity index is 219. The maximum Gasteiger partial charge on any atom is 0.303 e. The average molecular weight is 331 g/mol. The van der Waals surface area contributed by atoms with Crippen LogP contribution in [0.25, 0.3) is 0 Å². The maximum atomic E-state index is 10.3. The quantitative estimate of drug-likeness (QED) is 0.353. The molecule has 0 radical (unpaired) electrons. The van der Waals surface area contributed by atoms with Crippen molar-refractivity contribution in [1.29, 1.82) is 0 Å². The zero-order valence-corrected chi connectivity index (χ0v) is 15.5. The van der Waals surface area contributed by atoms with E-state index in [9.17, 15) is 4.79 Å². The van der Waals surface area contributed by atoms with Crippen LogP contribution in [0.4, 0.5) is 0 Å². The van der Waals surface area contributed by atoms with Crippen LogP contribution in [0.2, 0.25) is 0 Å². The van der Waals surface area contributed by atoms with Crippen molar-refractivity contribution in [3.63, 3.8) is 0 Å². The van der Waals surface area contributed by atoms with Gasteiger partial charge in [-0.25, -0.2) is 0 Å². The van der Waals surface area contributed by atoms with E-state index < -0.39 is 5.97 Å². The van der Waals surface area contributed by atoms with E-state index in [0.717, 1.165) is 38.8 Å². The van der Waals surface area contributed by atoms with Crippen molar-refractivity contribution in [3.8, 4) is 0 Å². The molecule has 4 heteroatoms. The number of rotatable bonds is 16. The van der Waals surface area contributed by atoms with Crippen molar-refractivity contribution in [1.82, 2.24) is 0 Å². The van der Waals surface area contributed by atoms with E-state index >= 15 is 0 Å². The Morgan fingerprint density at radius 1 is 0.652 bits per heavy atom. The second kappa shape index (κ2) is 23.7. The first-order valence-corrected chi connectivity index (χ1v) is 9.80. The molecule has 0 rings (SSSR count). The van der Waals surface area contributed by atoms with Crippen molar-refractivity contribution >= 4 is 5.97 Å². The predicted octanol–water partition coefficient (Wildman–Crippen LogP) is 4.85. The van der Waals surface area contributed by atoms with Gasteiger partial charge in [-0.2, -0.15) is 0 Å². The summed E-state index contributed by atoms with van der Waals surface area (Å²) in [5.41, 5.74) is 10.5. The summed E-state index contributed by atoms with van der Waals surface area (Å²) in [6.07, 6.45) is 17.8. The number of unbranched alkanes of at least 4 members (excludes halogenated alkanes) is 12. The standard InChI is InChI=1S/C14H28O2.C5H14N2/c1-2-3-4-5-6-7-8-9-10-11-12-13-14(15)16;6-4-2-1-3-5-7/h2-13H2,1H3,(H,15,16);1-7H2. The highest BCUT2D eigenvalue weighted by Gasteiger charge is 1.96. The van der Waals surface area contributed by atoms with Crippen molar-refractivity contribution < 1.29 is 9.90 Å². The van der Waals surface area contributed by atoms with Gasteiger partial charge in [-0.3, -0.25) is 4.79 Å². The molecule has 0 aliphatic heterocycles. The molecule has 0 saturated heterocycles. The average Bonchev–Trinajstić information content (AvgIpc) is 2.53. The van der Waals surface area contributed by atoms with Gasteiger partial charge in [0.2, 0.25) is 0 Å². The lowest BCUT2D eigenvalue weighted by Crippen LogP contribution is -2.02. The van der Waals surface area contributed by atoms with E-state index in [1.54, 1.807) is 0 Å². The van der Waals surface area contributed by atoms with Crippen LogP contribution in [0, 0.1) is 0 Å². The van der Waals surface area contributed by atoms with Crippen LogP contribution in [0.5, 0.6) is 0 Å². The first-order valence-electron chi connectivity index (χ1n) is 9.80. The molecule has 0 aromatic heterocycles. The Hall–Kier alpha value is -0.610. The number of carboxylic acid groups (broad SMARTS) is 1. The van der Waals surface area contributed by atoms with Gasteiger partial charge in [-0.05, 0) is 32.4 Å². The molecule has 5 N–H and O–H groups in total. The fourth-order valence-corrected chi connectivity index (χ4v) is 2.41. The van der Waals surface area contributed by atoms with E-state index in [4.69, 9.17) is 16.6 Å². The molecule has 0 spiro atoms. The lowest BCUT2D eigenvalue weighted by molar-refractivity contribution is -0.137. The number of hydrogen-bond acceptors (Lipinski definition) is 3. The first kappa shape index (κ1) is 24.6. The minimum absolute atomic E-state index is 0.344. The highest BCUT2D eigenvalue weighted by molar-refractivity contribution is 5.66. The smallest absolute Gasteiger partial charge is 0.303 e. The Labute approximate surface area is 144 Å². The minimum Gasteiger partial charge on any atom is -0.481 e. The zero-order valence-electron chi connectivity index (χ0n) is 15.5. The summed E-state index contributed by atoms with van der Waals surface area (Å²) in [7, 11) is 0. The van der Waals surface area contributed by atoms with Crippen LogP contribution in [0.3, 0.4) is 0 Å². The van der Waals surface area contributed by atoms with E-state index in [2.05, 4.69) is 6.92 Å². The van der Waals surface area contributed by atoms with E-state index in [-0.39, 0.29) is 0 Å². The normalized spacial score (nSPS) is 10.2. The van der Waals surface area contributed by atoms with Crippen LogP contribution in [-0.4, -0.2) is 24.2 Å². The molecule has 0 aromatic rings. The van der Waals surface area contributed by atoms with E-state index in [1.807, 2.05) is 0 Å². The lowest BCUT2D eigenvalue weighted by atomic mass is 10.1. The van der Waals surface area contributed by atoms with Gasteiger partial charge in [-0.1, -0.05) is 77.6 Å². The molecule has 0 aliphatic carbocycles. The monoisotopic (exact) mass is 330 g/mol. The molecule has 0 amide bonds. The zero-order chi connectivity index (χ0) is 17.6. The summed E-state index contributed by atoms with van der Waals surface area (Å²) >= 11 is 0. The number of carbonyl (C=O) groups is 1. The fraction of sp³-hybridized carbons (Fsp3) is 0.947. The van der Waals surface area contributed by atoms with Crippen LogP contribution in [-0.2, 0) is 4.79 Å². The minimum atomic E-state index is -0.657. The second-order valence-electron chi connectivity index (χ2n) is 6.32. The van der Waals surface area contributed by atoms with Gasteiger partial charge in [0.1, 0.15) is 0 Å². The SMILES string of the molecule is CCCCCCCCCCCCCC(=O)O.NCCCCCN. The summed E-state index contributed by atoms with van der Waals surface area (Å²) in [5, 5.41) is 8.46. The summed E-state index contributed by atoms with van der Waals surface area (Å²) in [6, 6.07) is 0. The Balaban J connectivity index is 0. The third-order valence-electron chi connectivity index (χ3n) is 3.90. The highest BCUT2D eigenvalue weighted by Crippen LogP contribution is 2.11. The van der Waals surface area contributed by atoms with Crippen LogP contribution < -0.4 is 11.5 Å². The van der Waals surface area contributed by atoms with Crippen molar-refractivity contribution in [2.24, 2.45) is 11.5 Å². The molecule has 4 nitrogen and oxygen atoms in total. The van der Waals surface area contributed by atoms with Gasteiger partial charge in [0.25, 0.3) is 0 Å². The van der Waals surface area contributed by atoms with E-state index in [0.29, 0.717) is 6.42 Å². The molecule has 23 heavy (non-hydrogen) atoms. The van der Waals surface area contributed by atoms with Gasteiger partial charge in [0, 0.05) is 6.42 Å². The van der Waals surface area contributed by atoms with Crippen LogP contribution in [0.15, 0.2) is 0 Å². The predicted molar refractivity (Wildman–Crippen MR) is 101 cm³/mol. The van der Waals surface area contributed by atoms with Gasteiger partial charge in [-0.15, -0.1) is 0 Å². The fourth-order valence-electron chi connectivity index (χ4n) is 2.41. The Kier molecular flexibility index (Phi) is 25.3. The topological polar surface area (TPSA) is 89.3 Å². The molecular weight excluding hydrogens is 288 g/mol. The van der Waals surface area contributed by atoms with Crippen molar-refractivity contribution in [2.75, 3.05) is 13.1 Å². The molecule has 0 aliphatic rings. The van der Waals surface area contributed by atoms with Crippen LogP contribution >= 0.6 is 0 Å². The first-order chi connectivity index (χ1) is 11.2. The number of aliphatic carboxylic acids is 1. The molecule has 140 valence electrons. The molecule has 0 heterocycles. The van der Waals surface area contributed by atoms with Crippen molar-refractivity contribution in [3.05, 3.63) is 0 Å². The van der Waals surface area contributed by atoms with Gasteiger partial charge in [0.15, 0.2) is 0 Å². The summed E-state index contributed by atoms with van der Waals surface area (Å²) in [5.74, 6) is -0.657. The number of nitrogens with two attached hydrogens (primary N) is 2. The lowest BCUT2D eigenvalue weighted by Gasteiger charge is -2.01. The number of hydrogen-bond donors (Lipinski definition) is 3. The molecular formula is C19H42N2O2. The third kappa shape index (κ3) is 29.9. The summed E-state index contributed by atoms with van der Waals surface area (Å²) in [4.78, 5) is 10.3. The molecule has 0 fully saturated rings. The Morgan fingerprint density at radius 3 is 1.35 bits per heavy atom.